The third-order valence-electron chi connectivity index (χ3n) is 4.10. The Hall–Kier alpha value is -3.00. The summed E-state index contributed by atoms with van der Waals surface area (Å²) in [6.07, 6.45) is 4.94. The van der Waals surface area contributed by atoms with Crippen LogP contribution in [0, 0.1) is 5.82 Å². The highest BCUT2D eigenvalue weighted by Crippen LogP contribution is 2.23. The summed E-state index contributed by atoms with van der Waals surface area (Å²) in [7, 11) is -6.13. The second-order valence-corrected chi connectivity index (χ2v) is 9.77. The van der Waals surface area contributed by atoms with Crippen molar-refractivity contribution < 1.29 is 21.2 Å². The molecule has 1 aliphatic carbocycles. The van der Waals surface area contributed by atoms with Crippen LogP contribution in [0.25, 0.3) is 0 Å². The smallest absolute Gasteiger partial charge is 0.238 e. The van der Waals surface area contributed by atoms with E-state index in [1.807, 2.05) is 0 Å². The highest BCUT2D eigenvalue weighted by molar-refractivity contribution is 7.92. The predicted octanol–water partition coefficient (Wildman–Crippen LogP) is 1.86. The molecule has 2 aromatic rings. The summed E-state index contributed by atoms with van der Waals surface area (Å²) in [4.78, 5) is 11.9. The second kappa shape index (κ2) is 9.01. The van der Waals surface area contributed by atoms with E-state index in [-0.39, 0.29) is 23.1 Å². The summed E-state index contributed by atoms with van der Waals surface area (Å²) >= 11 is 0. The van der Waals surface area contributed by atoms with E-state index in [0.29, 0.717) is 23.4 Å². The number of hydrogen-bond donors (Lipinski definition) is 3. The maximum Gasteiger partial charge on any atom is 0.238 e. The van der Waals surface area contributed by atoms with Crippen molar-refractivity contribution in [2.24, 2.45) is 10.1 Å². The van der Waals surface area contributed by atoms with Gasteiger partial charge in [0.1, 0.15) is 0 Å². The number of allylic oxidation sites excluding steroid dienone is 3. The molecule has 0 spiro atoms. The van der Waals surface area contributed by atoms with E-state index in [4.69, 9.17) is 5.14 Å². The lowest BCUT2D eigenvalue weighted by Gasteiger charge is -2.11. The number of hydrogen-bond acceptors (Lipinski definition) is 8. The van der Waals surface area contributed by atoms with Crippen molar-refractivity contribution in [3.05, 3.63) is 59.4 Å². The van der Waals surface area contributed by atoms with Gasteiger partial charge in [-0.05, 0) is 43.3 Å². The van der Waals surface area contributed by atoms with E-state index in [1.54, 1.807) is 18.2 Å². The molecule has 0 aliphatic heterocycles. The van der Waals surface area contributed by atoms with Crippen molar-refractivity contribution in [3.8, 4) is 0 Å². The molecular formula is C18H19FN6O4S2. The van der Waals surface area contributed by atoms with Gasteiger partial charge in [-0.2, -0.15) is 4.98 Å². The second-order valence-electron chi connectivity index (χ2n) is 6.47. The average Bonchev–Trinajstić information content (AvgIpc) is 2.70. The van der Waals surface area contributed by atoms with Crippen molar-refractivity contribution >= 4 is 43.2 Å². The minimum absolute atomic E-state index is 0.0133. The first kappa shape index (κ1) is 22.7. The van der Waals surface area contributed by atoms with E-state index in [2.05, 4.69) is 25.0 Å². The SMILES string of the molecule is CNS(=O)(=O)C=C1CC=CC(=Nc2nc(Nc3cccc(S(N)(=O)=O)c3)ncc2F)C1. The normalized spacial score (nSPS) is 17.3. The number of benzene rings is 1. The van der Waals surface area contributed by atoms with Crippen molar-refractivity contribution in [2.45, 2.75) is 17.7 Å². The summed E-state index contributed by atoms with van der Waals surface area (Å²) in [5, 5.41) is 9.01. The summed E-state index contributed by atoms with van der Waals surface area (Å²) in [6.45, 7) is 0. The first-order valence-electron chi connectivity index (χ1n) is 8.85. The molecule has 3 rings (SSSR count). The monoisotopic (exact) mass is 466 g/mol. The van der Waals surface area contributed by atoms with Crippen molar-refractivity contribution in [1.82, 2.24) is 14.7 Å². The molecule has 0 saturated heterocycles. The van der Waals surface area contributed by atoms with Gasteiger partial charge >= 0.3 is 0 Å². The Morgan fingerprint density at radius 3 is 2.74 bits per heavy atom. The van der Waals surface area contributed by atoms with E-state index < -0.39 is 25.9 Å². The minimum Gasteiger partial charge on any atom is -0.324 e. The largest absolute Gasteiger partial charge is 0.324 e. The number of sulfonamides is 2. The molecule has 1 aromatic carbocycles. The molecule has 0 bridgehead atoms. The summed E-state index contributed by atoms with van der Waals surface area (Å²) in [6, 6.07) is 5.66. The fourth-order valence-electron chi connectivity index (χ4n) is 2.67. The summed E-state index contributed by atoms with van der Waals surface area (Å²) < 4.78 is 62.8. The third-order valence-corrected chi connectivity index (χ3v) is 6.22. The van der Waals surface area contributed by atoms with Crippen molar-refractivity contribution in [2.75, 3.05) is 12.4 Å². The molecule has 1 heterocycles. The summed E-state index contributed by atoms with van der Waals surface area (Å²) in [5.41, 5.74) is 1.34. The van der Waals surface area contributed by atoms with Crippen molar-refractivity contribution in [3.63, 3.8) is 0 Å². The number of aliphatic imine (C=N–C) groups is 1. The van der Waals surface area contributed by atoms with Crippen LogP contribution in [0.2, 0.25) is 0 Å². The number of primary sulfonamides is 1. The number of aromatic nitrogens is 2. The first-order chi connectivity index (χ1) is 14.6. The molecule has 31 heavy (non-hydrogen) atoms. The van der Waals surface area contributed by atoms with Crippen LogP contribution in [0.4, 0.5) is 21.8 Å². The Bertz CT molecular complexity index is 1300. The van der Waals surface area contributed by atoms with Gasteiger partial charge in [0, 0.05) is 23.2 Å². The molecule has 10 nitrogen and oxygen atoms in total. The van der Waals surface area contributed by atoms with Gasteiger partial charge in [-0.1, -0.05) is 12.1 Å². The number of nitrogens with one attached hydrogen (secondary N) is 2. The molecule has 0 fully saturated rings. The molecule has 13 heteroatoms. The van der Waals surface area contributed by atoms with Gasteiger partial charge < -0.3 is 5.32 Å². The maximum absolute atomic E-state index is 14.2. The average molecular weight is 467 g/mol. The molecule has 0 unspecified atom stereocenters. The van der Waals surface area contributed by atoms with E-state index in [9.17, 15) is 21.2 Å². The van der Waals surface area contributed by atoms with Gasteiger partial charge in [-0.3, -0.25) is 0 Å². The summed E-state index contributed by atoms with van der Waals surface area (Å²) in [5.74, 6) is -1.04. The number of halogens is 1. The Morgan fingerprint density at radius 1 is 1.26 bits per heavy atom. The maximum atomic E-state index is 14.2. The van der Waals surface area contributed by atoms with Crippen LogP contribution in [0.1, 0.15) is 12.8 Å². The predicted molar refractivity (Wildman–Crippen MR) is 115 cm³/mol. The minimum atomic E-state index is -3.89. The molecule has 164 valence electrons. The van der Waals surface area contributed by atoms with Crippen LogP contribution in [-0.4, -0.2) is 39.6 Å². The van der Waals surface area contributed by atoms with Crippen LogP contribution in [0.15, 0.2) is 63.5 Å². The molecule has 1 aromatic heterocycles. The molecule has 0 amide bonds. The lowest BCUT2D eigenvalue weighted by Crippen LogP contribution is -2.16. The van der Waals surface area contributed by atoms with Crippen molar-refractivity contribution in [1.29, 1.82) is 0 Å². The standard InChI is InChI=1S/C18H19FN6O4S2/c1-21-30(26,27)11-12-4-2-5-13(8-12)23-17-16(19)10-22-18(25-17)24-14-6-3-7-15(9-14)31(20,28)29/h2-3,5-7,9-11,21H,4,8H2,1H3,(H2,20,28,29)(H,22,24,25). The molecule has 1 aliphatic rings. The molecular weight excluding hydrogens is 447 g/mol. The first-order valence-corrected chi connectivity index (χ1v) is 11.9. The Morgan fingerprint density at radius 2 is 2.03 bits per heavy atom. The lowest BCUT2D eigenvalue weighted by molar-refractivity contribution is 0.595. The van der Waals surface area contributed by atoms with Gasteiger partial charge in [0.25, 0.3) is 0 Å². The quantitative estimate of drug-likeness (QED) is 0.586. The van der Waals surface area contributed by atoms with Crippen LogP contribution in [-0.2, 0) is 20.0 Å². The van der Waals surface area contributed by atoms with E-state index >= 15 is 0 Å². The van der Waals surface area contributed by atoms with Gasteiger partial charge in [0.05, 0.1) is 11.1 Å². The van der Waals surface area contributed by atoms with E-state index in [0.717, 1.165) is 11.6 Å². The Balaban J connectivity index is 1.87. The van der Waals surface area contributed by atoms with Crippen LogP contribution >= 0.6 is 0 Å². The number of nitrogens with two attached hydrogens (primary N) is 1. The molecule has 0 radical (unpaired) electrons. The number of anilines is 2. The zero-order valence-electron chi connectivity index (χ0n) is 16.3. The lowest BCUT2D eigenvalue weighted by atomic mass is 10.0. The highest BCUT2D eigenvalue weighted by atomic mass is 32.2. The highest BCUT2D eigenvalue weighted by Gasteiger charge is 2.14. The third kappa shape index (κ3) is 6.24. The van der Waals surface area contributed by atoms with Gasteiger partial charge in [-0.25, -0.2) is 41.1 Å². The number of nitrogens with zero attached hydrogens (tertiary/aromatic N) is 3. The number of rotatable bonds is 6. The van der Waals surface area contributed by atoms with Crippen LogP contribution in [0.3, 0.4) is 0 Å². The topological polar surface area (TPSA) is 156 Å². The van der Waals surface area contributed by atoms with E-state index in [1.165, 1.54) is 25.2 Å². The Kier molecular flexibility index (Phi) is 6.59. The van der Waals surface area contributed by atoms with Gasteiger partial charge in [0.15, 0.2) is 11.6 Å². The van der Waals surface area contributed by atoms with Gasteiger partial charge in [0.2, 0.25) is 26.0 Å². The fourth-order valence-corrected chi connectivity index (χ4v) is 3.96. The van der Waals surface area contributed by atoms with Crippen LogP contribution in [0.5, 0.6) is 0 Å². The van der Waals surface area contributed by atoms with Gasteiger partial charge in [-0.15, -0.1) is 0 Å². The fraction of sp³-hybridized carbons (Fsp3) is 0.167. The zero-order valence-corrected chi connectivity index (χ0v) is 17.9. The molecule has 0 atom stereocenters. The Labute approximate surface area is 178 Å². The molecule has 0 saturated carbocycles. The van der Waals surface area contributed by atoms with Crippen LogP contribution < -0.4 is 15.2 Å². The zero-order chi connectivity index (χ0) is 22.6. The molecule has 4 N–H and O–H groups in total.